The van der Waals surface area contributed by atoms with Crippen molar-refractivity contribution in [1.82, 2.24) is 5.32 Å². The quantitative estimate of drug-likeness (QED) is 0.730. The highest BCUT2D eigenvalue weighted by Crippen LogP contribution is 2.31. The molecule has 1 aliphatic heterocycles. The van der Waals surface area contributed by atoms with E-state index in [1.165, 1.54) is 0 Å². The number of anilines is 1. The molecule has 3 N–H and O–H groups in total. The summed E-state index contributed by atoms with van der Waals surface area (Å²) in [4.78, 5) is 11.3. The topological polar surface area (TPSA) is 70.6 Å². The summed E-state index contributed by atoms with van der Waals surface area (Å²) in [5.41, 5.74) is 1.79. The molecular weight excluding hydrogens is 232 g/mol. The third-order valence-corrected chi connectivity index (χ3v) is 3.04. The zero-order valence-corrected chi connectivity index (χ0v) is 10.4. The molecule has 5 heteroatoms. The molecule has 1 heterocycles. The van der Waals surface area contributed by atoms with Gasteiger partial charge in [-0.2, -0.15) is 0 Å². The molecule has 0 fully saturated rings. The summed E-state index contributed by atoms with van der Waals surface area (Å²) in [7, 11) is 1.89. The van der Waals surface area contributed by atoms with Crippen LogP contribution in [0.25, 0.3) is 0 Å². The van der Waals surface area contributed by atoms with Crippen LogP contribution < -0.4 is 15.4 Å². The number of hydrogen-bond donors (Lipinski definition) is 3. The smallest absolute Gasteiger partial charge is 0.262 e. The van der Waals surface area contributed by atoms with Gasteiger partial charge in [-0.3, -0.25) is 4.79 Å². The summed E-state index contributed by atoms with van der Waals surface area (Å²) in [6, 6.07) is 5.94. The first-order valence-corrected chi connectivity index (χ1v) is 6.09. The second-order valence-corrected chi connectivity index (χ2v) is 4.30. The highest BCUT2D eigenvalue weighted by molar-refractivity contribution is 5.95. The molecule has 0 radical (unpaired) electrons. The molecule has 1 unspecified atom stereocenters. The van der Waals surface area contributed by atoms with E-state index in [1.807, 2.05) is 25.2 Å². The number of carbonyl (C=O) groups is 1. The van der Waals surface area contributed by atoms with Gasteiger partial charge in [0.2, 0.25) is 0 Å². The molecule has 0 saturated heterocycles. The maximum Gasteiger partial charge on any atom is 0.262 e. The molecule has 0 spiro atoms. The van der Waals surface area contributed by atoms with Gasteiger partial charge in [0.15, 0.2) is 6.61 Å². The number of amides is 1. The maximum atomic E-state index is 11.3. The van der Waals surface area contributed by atoms with Crippen molar-refractivity contribution in [1.29, 1.82) is 0 Å². The third-order valence-electron chi connectivity index (χ3n) is 3.04. The zero-order chi connectivity index (χ0) is 13.0. The second kappa shape index (κ2) is 5.84. The monoisotopic (exact) mass is 250 g/mol. The fourth-order valence-electron chi connectivity index (χ4n) is 2.09. The lowest BCUT2D eigenvalue weighted by Gasteiger charge is -2.21. The summed E-state index contributed by atoms with van der Waals surface area (Å²) in [6.07, 6.45) is 1.59. The summed E-state index contributed by atoms with van der Waals surface area (Å²) in [5.74, 6) is 0.575. The number of hydrogen-bond acceptors (Lipinski definition) is 4. The Morgan fingerprint density at radius 2 is 2.39 bits per heavy atom. The zero-order valence-electron chi connectivity index (χ0n) is 10.4. The van der Waals surface area contributed by atoms with Gasteiger partial charge in [0.25, 0.3) is 5.91 Å². The van der Waals surface area contributed by atoms with Crippen LogP contribution in [0.4, 0.5) is 5.69 Å². The minimum absolute atomic E-state index is 0.0757. The SMILES string of the molecule is CNC(CCCO)c1ccc2c(c1)NC(=O)CO2. The van der Waals surface area contributed by atoms with Crippen LogP contribution in [0.1, 0.15) is 24.4 Å². The van der Waals surface area contributed by atoms with Gasteiger partial charge < -0.3 is 20.5 Å². The van der Waals surface area contributed by atoms with E-state index in [-0.39, 0.29) is 25.2 Å². The standard InChI is InChI=1S/C13H18N2O3/c1-14-10(3-2-6-16)9-4-5-12-11(7-9)15-13(17)8-18-12/h4-5,7,10,14,16H,2-3,6,8H2,1H3,(H,15,17). The number of aliphatic hydroxyl groups is 1. The normalized spacial score (nSPS) is 15.6. The van der Waals surface area contributed by atoms with E-state index >= 15 is 0 Å². The molecule has 0 aromatic heterocycles. The van der Waals surface area contributed by atoms with E-state index in [1.54, 1.807) is 0 Å². The highest BCUT2D eigenvalue weighted by Gasteiger charge is 2.18. The van der Waals surface area contributed by atoms with E-state index in [4.69, 9.17) is 9.84 Å². The Balaban J connectivity index is 2.18. The minimum atomic E-state index is -0.129. The Morgan fingerprint density at radius 1 is 1.56 bits per heavy atom. The lowest BCUT2D eigenvalue weighted by Crippen LogP contribution is -2.26. The average Bonchev–Trinajstić information content (AvgIpc) is 2.39. The molecule has 98 valence electrons. The molecule has 18 heavy (non-hydrogen) atoms. The number of nitrogens with one attached hydrogen (secondary N) is 2. The highest BCUT2D eigenvalue weighted by atomic mass is 16.5. The molecule has 0 bridgehead atoms. The van der Waals surface area contributed by atoms with Crippen LogP contribution in [0.3, 0.4) is 0 Å². The van der Waals surface area contributed by atoms with E-state index in [0.717, 1.165) is 18.4 Å². The lowest BCUT2D eigenvalue weighted by molar-refractivity contribution is -0.118. The van der Waals surface area contributed by atoms with Crippen LogP contribution in [0.15, 0.2) is 18.2 Å². The fourth-order valence-corrected chi connectivity index (χ4v) is 2.09. The summed E-state index contributed by atoms with van der Waals surface area (Å²) >= 11 is 0. The molecule has 2 rings (SSSR count). The predicted molar refractivity (Wildman–Crippen MR) is 68.7 cm³/mol. The Hall–Kier alpha value is -1.59. The minimum Gasteiger partial charge on any atom is -0.482 e. The molecule has 1 atom stereocenters. The van der Waals surface area contributed by atoms with E-state index in [0.29, 0.717) is 11.4 Å². The molecule has 0 saturated carbocycles. The van der Waals surface area contributed by atoms with E-state index in [2.05, 4.69) is 10.6 Å². The van der Waals surface area contributed by atoms with Crippen LogP contribution in [-0.2, 0) is 4.79 Å². The van der Waals surface area contributed by atoms with Crippen molar-refractivity contribution in [3.8, 4) is 5.75 Å². The number of carbonyl (C=O) groups excluding carboxylic acids is 1. The van der Waals surface area contributed by atoms with E-state index in [9.17, 15) is 4.79 Å². The Bertz CT molecular complexity index is 434. The van der Waals surface area contributed by atoms with Crippen LogP contribution in [0, 0.1) is 0 Å². The van der Waals surface area contributed by atoms with Gasteiger partial charge in [0, 0.05) is 12.6 Å². The van der Waals surface area contributed by atoms with Crippen LogP contribution in [0.5, 0.6) is 5.75 Å². The number of fused-ring (bicyclic) bond motifs is 1. The molecule has 1 aliphatic rings. The molecule has 1 amide bonds. The van der Waals surface area contributed by atoms with Gasteiger partial charge in [-0.25, -0.2) is 0 Å². The van der Waals surface area contributed by atoms with Crippen LogP contribution in [-0.4, -0.2) is 31.3 Å². The van der Waals surface area contributed by atoms with Gasteiger partial charge in [-0.15, -0.1) is 0 Å². The second-order valence-electron chi connectivity index (χ2n) is 4.30. The van der Waals surface area contributed by atoms with Crippen molar-refractivity contribution in [3.05, 3.63) is 23.8 Å². The van der Waals surface area contributed by atoms with Crippen molar-refractivity contribution in [2.24, 2.45) is 0 Å². The summed E-state index contributed by atoms with van der Waals surface area (Å²) < 4.78 is 5.31. The Kier molecular flexibility index (Phi) is 4.17. The van der Waals surface area contributed by atoms with Gasteiger partial charge in [0.1, 0.15) is 5.75 Å². The van der Waals surface area contributed by atoms with Crippen molar-refractivity contribution >= 4 is 11.6 Å². The van der Waals surface area contributed by atoms with Crippen LogP contribution >= 0.6 is 0 Å². The number of rotatable bonds is 5. The number of ether oxygens (including phenoxy) is 1. The average molecular weight is 250 g/mol. The molecule has 1 aromatic rings. The molecule has 1 aromatic carbocycles. The number of aliphatic hydroxyl groups excluding tert-OH is 1. The van der Waals surface area contributed by atoms with Gasteiger partial charge in [-0.05, 0) is 37.6 Å². The molecule has 5 nitrogen and oxygen atoms in total. The lowest BCUT2D eigenvalue weighted by atomic mass is 10.0. The number of benzene rings is 1. The third kappa shape index (κ3) is 2.80. The van der Waals surface area contributed by atoms with Gasteiger partial charge >= 0.3 is 0 Å². The molecule has 0 aliphatic carbocycles. The predicted octanol–water partition coefficient (Wildman–Crippen LogP) is 1.05. The summed E-state index contributed by atoms with van der Waals surface area (Å²) in [5, 5.41) is 14.9. The van der Waals surface area contributed by atoms with Crippen molar-refractivity contribution in [2.45, 2.75) is 18.9 Å². The fraction of sp³-hybridized carbons (Fsp3) is 0.462. The van der Waals surface area contributed by atoms with Gasteiger partial charge in [-0.1, -0.05) is 6.07 Å². The summed E-state index contributed by atoms with van der Waals surface area (Å²) in [6.45, 7) is 0.259. The first kappa shape index (κ1) is 12.9. The first-order valence-electron chi connectivity index (χ1n) is 6.09. The van der Waals surface area contributed by atoms with Gasteiger partial charge in [0.05, 0.1) is 5.69 Å². The maximum absolute atomic E-state index is 11.3. The largest absolute Gasteiger partial charge is 0.482 e. The van der Waals surface area contributed by atoms with E-state index < -0.39 is 0 Å². The van der Waals surface area contributed by atoms with Crippen LogP contribution in [0.2, 0.25) is 0 Å². The molecular formula is C13H18N2O3. The Morgan fingerprint density at radius 3 is 3.11 bits per heavy atom. The van der Waals surface area contributed by atoms with Crippen molar-refractivity contribution in [2.75, 3.05) is 25.6 Å². The first-order chi connectivity index (χ1) is 8.74. The van der Waals surface area contributed by atoms with Crippen molar-refractivity contribution < 1.29 is 14.6 Å². The Labute approximate surface area is 106 Å². The van der Waals surface area contributed by atoms with Crippen molar-refractivity contribution in [3.63, 3.8) is 0 Å².